The second kappa shape index (κ2) is 12.6. The molecule has 3 aromatic heterocycles. The van der Waals surface area contributed by atoms with Gasteiger partial charge in [0, 0.05) is 49.6 Å². The summed E-state index contributed by atoms with van der Waals surface area (Å²) in [4.78, 5) is 15.6. The Morgan fingerprint density at radius 2 is 0.694 bits per heavy atom. The van der Waals surface area contributed by atoms with E-state index in [9.17, 15) is 0 Å². The summed E-state index contributed by atoms with van der Waals surface area (Å²) in [6.07, 6.45) is 0. The van der Waals surface area contributed by atoms with Crippen LogP contribution in [0.2, 0.25) is 0 Å². The molecule has 0 saturated carbocycles. The number of hydrogen-bond donors (Lipinski definition) is 0. The van der Waals surface area contributed by atoms with Gasteiger partial charge >= 0.3 is 0 Å². The average molecular weight is 788 g/mol. The topological polar surface area (TPSA) is 48.5 Å². The van der Waals surface area contributed by atoms with Crippen molar-refractivity contribution < 1.29 is 0 Å². The maximum Gasteiger partial charge on any atom is 0.164 e. The molecule has 3 heterocycles. The molecular formula is C57H33N5. The first kappa shape index (κ1) is 33.4. The lowest BCUT2D eigenvalue weighted by Gasteiger charge is -2.13. The highest BCUT2D eigenvalue weighted by Gasteiger charge is 2.27. The minimum absolute atomic E-state index is 0.625. The molecule has 0 unspecified atom stereocenters. The Bertz CT molecular complexity index is 3950. The van der Waals surface area contributed by atoms with Gasteiger partial charge in [-0.1, -0.05) is 140 Å². The molecule has 0 fully saturated rings. The van der Waals surface area contributed by atoms with E-state index in [0.717, 1.165) is 44.4 Å². The first-order valence-corrected chi connectivity index (χ1v) is 21.1. The van der Waals surface area contributed by atoms with Crippen LogP contribution in [0.4, 0.5) is 0 Å². The zero-order valence-electron chi connectivity index (χ0n) is 33.3. The largest absolute Gasteiger partial charge is 0.309 e. The van der Waals surface area contributed by atoms with Crippen LogP contribution in [0.25, 0.3) is 133 Å². The van der Waals surface area contributed by atoms with Crippen LogP contribution in [0.3, 0.4) is 0 Å². The van der Waals surface area contributed by atoms with Crippen LogP contribution < -0.4 is 0 Å². The third kappa shape index (κ3) is 4.70. The molecule has 0 bridgehead atoms. The van der Waals surface area contributed by atoms with Crippen molar-refractivity contribution in [2.24, 2.45) is 0 Å². The van der Waals surface area contributed by atoms with Crippen LogP contribution in [-0.2, 0) is 0 Å². The number of aromatic nitrogens is 5. The van der Waals surface area contributed by atoms with Gasteiger partial charge in [-0.05, 0) is 104 Å². The Morgan fingerprint density at radius 3 is 1.35 bits per heavy atom. The van der Waals surface area contributed by atoms with Crippen LogP contribution in [-0.4, -0.2) is 24.1 Å². The molecular weight excluding hydrogens is 755 g/mol. The maximum atomic E-state index is 5.23. The van der Waals surface area contributed by atoms with Crippen molar-refractivity contribution in [3.05, 3.63) is 200 Å². The molecule has 14 rings (SSSR count). The van der Waals surface area contributed by atoms with Gasteiger partial charge in [-0.25, -0.2) is 15.0 Å². The van der Waals surface area contributed by atoms with Gasteiger partial charge in [0.2, 0.25) is 0 Å². The van der Waals surface area contributed by atoms with Crippen LogP contribution in [0.15, 0.2) is 200 Å². The van der Waals surface area contributed by atoms with Crippen molar-refractivity contribution in [1.82, 2.24) is 24.1 Å². The van der Waals surface area contributed by atoms with Crippen molar-refractivity contribution in [2.75, 3.05) is 0 Å². The van der Waals surface area contributed by atoms with Gasteiger partial charge in [-0.2, -0.15) is 0 Å². The molecule has 0 amide bonds. The highest BCUT2D eigenvalue weighted by atomic mass is 15.0. The fourth-order valence-corrected chi connectivity index (χ4v) is 10.3. The molecule has 5 heteroatoms. The van der Waals surface area contributed by atoms with Crippen molar-refractivity contribution in [3.63, 3.8) is 0 Å². The zero-order valence-corrected chi connectivity index (χ0v) is 33.3. The summed E-state index contributed by atoms with van der Waals surface area (Å²) in [5.41, 5.74) is 12.3. The smallest absolute Gasteiger partial charge is 0.164 e. The zero-order chi connectivity index (χ0) is 40.5. The summed E-state index contributed by atoms with van der Waals surface area (Å²) >= 11 is 0. The first-order valence-electron chi connectivity index (χ1n) is 21.1. The van der Waals surface area contributed by atoms with Crippen molar-refractivity contribution in [1.29, 1.82) is 0 Å². The second-order valence-electron chi connectivity index (χ2n) is 16.4. The standard InChI is InChI=1S/C57H33N5/c1-2-17-42(18-3-1)61-47-28-27-36-15-9-20-44-45-21-10-22-46-51(45)53-48(29-30-49(61)54(53)52(47)50(36)44)62(46)43-19-8-16-39(33-43)55-58-56(40-25-23-34-11-4-6-13-37(34)31-40)60-57(59-55)41-26-24-35-12-5-7-14-38(35)32-41/h1-33H. The Kier molecular flexibility index (Phi) is 6.77. The van der Waals surface area contributed by atoms with Gasteiger partial charge in [0.1, 0.15) is 0 Å². The van der Waals surface area contributed by atoms with E-state index in [-0.39, 0.29) is 0 Å². The number of hydrogen-bond acceptors (Lipinski definition) is 3. The van der Waals surface area contributed by atoms with Crippen LogP contribution in [0, 0.1) is 0 Å². The van der Waals surface area contributed by atoms with E-state index in [4.69, 9.17) is 15.0 Å². The van der Waals surface area contributed by atoms with Crippen molar-refractivity contribution in [2.45, 2.75) is 0 Å². The normalized spacial score (nSPS) is 12.2. The molecule has 0 spiro atoms. The van der Waals surface area contributed by atoms with Gasteiger partial charge in [0.05, 0.1) is 22.1 Å². The van der Waals surface area contributed by atoms with Gasteiger partial charge in [0.25, 0.3) is 0 Å². The Hall–Kier alpha value is -8.41. The monoisotopic (exact) mass is 787 g/mol. The Labute approximate surface area is 355 Å². The minimum atomic E-state index is 0.625. The van der Waals surface area contributed by atoms with Gasteiger partial charge in [-0.15, -0.1) is 0 Å². The van der Waals surface area contributed by atoms with Gasteiger partial charge in [-0.3, -0.25) is 0 Å². The highest BCUT2D eigenvalue weighted by Crippen LogP contribution is 2.51. The molecule has 5 nitrogen and oxygen atoms in total. The molecule has 1 aliphatic carbocycles. The molecule has 0 atom stereocenters. The molecule has 0 aliphatic heterocycles. The molecule has 13 aromatic rings. The Balaban J connectivity index is 1.02. The molecule has 1 aliphatic rings. The lowest BCUT2D eigenvalue weighted by atomic mass is 9.95. The minimum Gasteiger partial charge on any atom is -0.309 e. The molecule has 62 heavy (non-hydrogen) atoms. The van der Waals surface area contributed by atoms with E-state index in [1.807, 2.05) is 0 Å². The highest BCUT2D eigenvalue weighted by molar-refractivity contribution is 6.38. The summed E-state index contributed by atoms with van der Waals surface area (Å²) < 4.78 is 4.88. The van der Waals surface area contributed by atoms with E-state index < -0.39 is 0 Å². The van der Waals surface area contributed by atoms with E-state index in [1.165, 1.54) is 70.8 Å². The van der Waals surface area contributed by atoms with Gasteiger partial charge in [0.15, 0.2) is 17.5 Å². The summed E-state index contributed by atoms with van der Waals surface area (Å²) in [5, 5.41) is 12.4. The number of benzene rings is 10. The average Bonchev–Trinajstić information content (AvgIpc) is 3.82. The molecule has 10 aromatic carbocycles. The summed E-state index contributed by atoms with van der Waals surface area (Å²) in [6, 6.07) is 72.0. The number of fused-ring (bicyclic) bond motifs is 3. The van der Waals surface area contributed by atoms with E-state index in [2.05, 4.69) is 209 Å². The summed E-state index contributed by atoms with van der Waals surface area (Å²) in [6.45, 7) is 0. The predicted molar refractivity (Wildman–Crippen MR) is 256 cm³/mol. The maximum absolute atomic E-state index is 5.23. The molecule has 0 saturated heterocycles. The van der Waals surface area contributed by atoms with Crippen LogP contribution in [0.1, 0.15) is 0 Å². The fourth-order valence-electron chi connectivity index (χ4n) is 10.3. The quantitative estimate of drug-likeness (QED) is 0.175. The number of nitrogens with zero attached hydrogens (tertiary/aromatic N) is 5. The summed E-state index contributed by atoms with van der Waals surface area (Å²) in [7, 11) is 0. The van der Waals surface area contributed by atoms with Gasteiger partial charge < -0.3 is 9.13 Å². The lowest BCUT2D eigenvalue weighted by Crippen LogP contribution is -2.01. The van der Waals surface area contributed by atoms with Crippen LogP contribution in [0.5, 0.6) is 0 Å². The third-order valence-corrected chi connectivity index (χ3v) is 13.0. The van der Waals surface area contributed by atoms with Crippen LogP contribution >= 0.6 is 0 Å². The van der Waals surface area contributed by atoms with E-state index in [1.54, 1.807) is 0 Å². The Morgan fingerprint density at radius 1 is 0.258 bits per heavy atom. The van der Waals surface area contributed by atoms with Crippen molar-refractivity contribution in [3.8, 4) is 56.7 Å². The third-order valence-electron chi connectivity index (χ3n) is 13.0. The lowest BCUT2D eigenvalue weighted by molar-refractivity contribution is 1.07. The molecule has 0 N–H and O–H groups in total. The molecule has 286 valence electrons. The second-order valence-corrected chi connectivity index (χ2v) is 16.4. The van der Waals surface area contributed by atoms with E-state index >= 15 is 0 Å². The summed E-state index contributed by atoms with van der Waals surface area (Å²) in [5.74, 6) is 1.90. The SMILES string of the molecule is c1ccc(-n2c3ccc4cccc5c4c3c3c4c6c-5cccc6n(-c5cccc(-c6nc(-c7ccc8ccccc8c7)nc(-c7ccc8ccccc8c7)n6)c5)c4ccc32)cc1. The fraction of sp³-hybridized carbons (Fsp3) is 0. The predicted octanol–water partition coefficient (Wildman–Crippen LogP) is 14.5. The number of rotatable bonds is 5. The first-order chi connectivity index (χ1) is 30.7. The van der Waals surface area contributed by atoms with E-state index in [0.29, 0.717) is 17.5 Å². The van der Waals surface area contributed by atoms with Crippen molar-refractivity contribution >= 4 is 75.9 Å². The molecule has 0 radical (unpaired) electrons. The number of para-hydroxylation sites is 1.